The van der Waals surface area contributed by atoms with E-state index in [0.29, 0.717) is 36.9 Å². The number of likely N-dealkylation sites (tertiary alicyclic amines) is 1. The predicted octanol–water partition coefficient (Wildman–Crippen LogP) is 3.16. The molecule has 3 rings (SSSR count). The number of carbonyl (C=O) groups excluding carboxylic acids is 1. The molecule has 0 aliphatic carbocycles. The van der Waals surface area contributed by atoms with Gasteiger partial charge in [0.25, 0.3) is 5.91 Å². The van der Waals surface area contributed by atoms with Crippen LogP contribution in [0.1, 0.15) is 22.3 Å². The second-order valence-electron chi connectivity index (χ2n) is 7.56. The molecule has 0 aromatic heterocycles. The predicted molar refractivity (Wildman–Crippen MR) is 138 cm³/mol. The maximum absolute atomic E-state index is 12.3. The molecule has 1 aliphatic rings. The molecular formula is C24H33IN4O3. The lowest BCUT2D eigenvalue weighted by Gasteiger charge is -2.22. The van der Waals surface area contributed by atoms with Gasteiger partial charge in [0.15, 0.2) is 5.96 Å². The van der Waals surface area contributed by atoms with Crippen LogP contribution in [0.3, 0.4) is 0 Å². The van der Waals surface area contributed by atoms with E-state index < -0.39 is 0 Å². The van der Waals surface area contributed by atoms with Crippen LogP contribution in [-0.4, -0.2) is 63.7 Å². The van der Waals surface area contributed by atoms with Crippen LogP contribution in [-0.2, 0) is 11.3 Å². The number of nitrogens with zero attached hydrogens (tertiary/aromatic N) is 2. The highest BCUT2D eigenvalue weighted by atomic mass is 127. The molecule has 2 N–H and O–H groups in total. The molecule has 1 unspecified atom stereocenters. The van der Waals surface area contributed by atoms with Gasteiger partial charge < -0.3 is 25.0 Å². The molecule has 1 heterocycles. The van der Waals surface area contributed by atoms with E-state index >= 15 is 0 Å². The fraction of sp³-hybridized carbons (Fsp3) is 0.417. The topological polar surface area (TPSA) is 75.2 Å². The zero-order valence-corrected chi connectivity index (χ0v) is 21.1. The number of carbonyl (C=O) groups is 1. The lowest BCUT2D eigenvalue weighted by molar-refractivity contribution is 0.0906. The highest BCUT2D eigenvalue weighted by Gasteiger charge is 2.24. The molecule has 2 aromatic carbocycles. The number of nitrogens with one attached hydrogen (secondary N) is 2. The van der Waals surface area contributed by atoms with Gasteiger partial charge in [0.05, 0.1) is 20.3 Å². The average molecular weight is 552 g/mol. The van der Waals surface area contributed by atoms with Gasteiger partial charge >= 0.3 is 0 Å². The molecule has 0 saturated carbocycles. The number of benzene rings is 2. The summed E-state index contributed by atoms with van der Waals surface area (Å²) in [6, 6.07) is 17.4. The number of halogens is 1. The molecule has 1 saturated heterocycles. The monoisotopic (exact) mass is 552 g/mol. The summed E-state index contributed by atoms with van der Waals surface area (Å²) in [5.74, 6) is 1.91. The quantitative estimate of drug-likeness (QED) is 0.217. The number of guanidine groups is 1. The number of methoxy groups -OCH3 is 1. The SMILES string of the molecule is CN=C(NCCNC(=O)c1cccc(OC)c1)N1CCC(COCc2ccccc2)C1.I. The molecule has 174 valence electrons. The minimum atomic E-state index is -0.118. The first-order chi connectivity index (χ1) is 15.2. The molecular weight excluding hydrogens is 519 g/mol. The van der Waals surface area contributed by atoms with Gasteiger partial charge in [0.1, 0.15) is 5.75 Å². The molecule has 1 fully saturated rings. The molecule has 32 heavy (non-hydrogen) atoms. The lowest BCUT2D eigenvalue weighted by atomic mass is 10.1. The van der Waals surface area contributed by atoms with Crippen molar-refractivity contribution in [3.05, 3.63) is 65.7 Å². The van der Waals surface area contributed by atoms with Crippen LogP contribution in [0.2, 0.25) is 0 Å². The highest BCUT2D eigenvalue weighted by Crippen LogP contribution is 2.17. The van der Waals surface area contributed by atoms with E-state index in [0.717, 1.165) is 32.1 Å². The number of hydrogen-bond acceptors (Lipinski definition) is 4. The minimum Gasteiger partial charge on any atom is -0.497 e. The second-order valence-corrected chi connectivity index (χ2v) is 7.56. The van der Waals surface area contributed by atoms with Crippen LogP contribution >= 0.6 is 24.0 Å². The number of hydrogen-bond donors (Lipinski definition) is 2. The zero-order chi connectivity index (χ0) is 21.9. The van der Waals surface area contributed by atoms with Crippen LogP contribution in [0.15, 0.2) is 59.6 Å². The molecule has 7 nitrogen and oxygen atoms in total. The normalized spacial score (nSPS) is 15.8. The Morgan fingerprint density at radius 1 is 1.12 bits per heavy atom. The Morgan fingerprint density at radius 3 is 2.66 bits per heavy atom. The molecule has 1 amide bonds. The van der Waals surface area contributed by atoms with Gasteiger partial charge in [-0.05, 0) is 30.2 Å². The highest BCUT2D eigenvalue weighted by molar-refractivity contribution is 14.0. The maximum atomic E-state index is 12.3. The Bertz CT molecular complexity index is 863. The third kappa shape index (κ3) is 7.98. The van der Waals surface area contributed by atoms with Gasteiger partial charge in [-0.25, -0.2) is 0 Å². The van der Waals surface area contributed by atoms with Crippen molar-refractivity contribution in [2.75, 3.05) is 46.9 Å². The Hall–Kier alpha value is -2.33. The van der Waals surface area contributed by atoms with Crippen LogP contribution in [0, 0.1) is 5.92 Å². The van der Waals surface area contributed by atoms with Gasteiger partial charge in [-0.15, -0.1) is 24.0 Å². The first-order valence-corrected chi connectivity index (χ1v) is 10.7. The first kappa shape index (κ1) is 25.9. The summed E-state index contributed by atoms with van der Waals surface area (Å²) < 4.78 is 11.1. The van der Waals surface area contributed by atoms with Crippen molar-refractivity contribution in [3.63, 3.8) is 0 Å². The van der Waals surface area contributed by atoms with Gasteiger partial charge in [0, 0.05) is 44.7 Å². The van der Waals surface area contributed by atoms with Gasteiger partial charge in [-0.3, -0.25) is 9.79 Å². The number of aliphatic imine (C=N–C) groups is 1. The fourth-order valence-corrected chi connectivity index (χ4v) is 3.63. The van der Waals surface area contributed by atoms with Crippen LogP contribution in [0.4, 0.5) is 0 Å². The largest absolute Gasteiger partial charge is 0.497 e. The van der Waals surface area contributed by atoms with E-state index in [2.05, 4.69) is 32.7 Å². The number of ether oxygens (including phenoxy) is 2. The average Bonchev–Trinajstić information content (AvgIpc) is 3.28. The van der Waals surface area contributed by atoms with Crippen molar-refractivity contribution >= 4 is 35.8 Å². The fourth-order valence-electron chi connectivity index (χ4n) is 3.63. The molecule has 1 aliphatic heterocycles. The Morgan fingerprint density at radius 2 is 1.91 bits per heavy atom. The van der Waals surface area contributed by atoms with Gasteiger partial charge in [0.2, 0.25) is 0 Å². The first-order valence-electron chi connectivity index (χ1n) is 10.7. The molecule has 0 spiro atoms. The van der Waals surface area contributed by atoms with E-state index in [4.69, 9.17) is 9.47 Å². The number of amides is 1. The third-order valence-electron chi connectivity index (χ3n) is 5.29. The van der Waals surface area contributed by atoms with Crippen molar-refractivity contribution in [3.8, 4) is 5.75 Å². The van der Waals surface area contributed by atoms with Crippen molar-refractivity contribution in [1.29, 1.82) is 0 Å². The summed E-state index contributed by atoms with van der Waals surface area (Å²) in [6.45, 7) is 4.39. The van der Waals surface area contributed by atoms with Crippen molar-refractivity contribution < 1.29 is 14.3 Å². The van der Waals surface area contributed by atoms with Crippen molar-refractivity contribution in [1.82, 2.24) is 15.5 Å². The Balaban J connectivity index is 0.00000363. The van der Waals surface area contributed by atoms with Gasteiger partial charge in [-0.1, -0.05) is 36.4 Å². The standard InChI is InChI=1S/C24H32N4O3.HI/c1-25-24(27-13-12-26-23(29)21-9-6-10-22(15-21)30-2)28-14-11-20(16-28)18-31-17-19-7-4-3-5-8-19;/h3-10,15,20H,11-14,16-18H2,1-2H3,(H,25,27)(H,26,29);1H. The summed E-state index contributed by atoms with van der Waals surface area (Å²) in [5, 5.41) is 6.26. The summed E-state index contributed by atoms with van der Waals surface area (Å²) in [5.41, 5.74) is 1.78. The van der Waals surface area contributed by atoms with Gasteiger partial charge in [-0.2, -0.15) is 0 Å². The Labute approximate surface area is 207 Å². The maximum Gasteiger partial charge on any atom is 0.251 e. The van der Waals surface area contributed by atoms with Crippen LogP contribution in [0.25, 0.3) is 0 Å². The van der Waals surface area contributed by atoms with E-state index in [1.807, 2.05) is 24.3 Å². The van der Waals surface area contributed by atoms with E-state index in [-0.39, 0.29) is 29.9 Å². The summed E-state index contributed by atoms with van der Waals surface area (Å²) >= 11 is 0. The van der Waals surface area contributed by atoms with E-state index in [1.54, 1.807) is 32.4 Å². The van der Waals surface area contributed by atoms with Crippen molar-refractivity contribution in [2.45, 2.75) is 13.0 Å². The minimum absolute atomic E-state index is 0. The Kier molecular flexibility index (Phi) is 11.3. The molecule has 0 bridgehead atoms. The van der Waals surface area contributed by atoms with E-state index in [9.17, 15) is 4.79 Å². The lowest BCUT2D eigenvalue weighted by Crippen LogP contribution is -2.43. The molecule has 2 aromatic rings. The molecule has 1 atom stereocenters. The second kappa shape index (κ2) is 13.9. The molecule has 8 heteroatoms. The molecule has 0 radical (unpaired) electrons. The third-order valence-corrected chi connectivity index (χ3v) is 5.29. The summed E-state index contributed by atoms with van der Waals surface area (Å²) in [7, 11) is 3.38. The van der Waals surface area contributed by atoms with E-state index in [1.165, 1.54) is 5.56 Å². The zero-order valence-electron chi connectivity index (χ0n) is 18.8. The summed E-state index contributed by atoms with van der Waals surface area (Å²) in [4.78, 5) is 18.9. The number of rotatable bonds is 9. The van der Waals surface area contributed by atoms with Crippen molar-refractivity contribution in [2.24, 2.45) is 10.9 Å². The summed E-state index contributed by atoms with van der Waals surface area (Å²) in [6.07, 6.45) is 1.09. The smallest absolute Gasteiger partial charge is 0.251 e. The van der Waals surface area contributed by atoms with Crippen LogP contribution < -0.4 is 15.4 Å². The van der Waals surface area contributed by atoms with Crippen LogP contribution in [0.5, 0.6) is 5.75 Å².